The molecule has 23 heavy (non-hydrogen) atoms. The second kappa shape index (κ2) is 8.60. The maximum absolute atomic E-state index is 13.8. The zero-order chi connectivity index (χ0) is 16.2. The monoisotopic (exact) mass is 386 g/mol. The van der Waals surface area contributed by atoms with Crippen molar-refractivity contribution < 1.29 is 17.5 Å². The van der Waals surface area contributed by atoms with Gasteiger partial charge >= 0.3 is 0 Å². The Morgan fingerprint density at radius 1 is 1.39 bits per heavy atom. The lowest BCUT2D eigenvalue weighted by Gasteiger charge is -2.37. The summed E-state index contributed by atoms with van der Waals surface area (Å²) < 4.78 is 46.3. The van der Waals surface area contributed by atoms with E-state index in [0.717, 1.165) is 32.0 Å². The van der Waals surface area contributed by atoms with Crippen molar-refractivity contribution in [2.75, 3.05) is 33.4 Å². The van der Waals surface area contributed by atoms with Crippen LogP contribution in [0.25, 0.3) is 0 Å². The van der Waals surface area contributed by atoms with Crippen LogP contribution in [0.4, 0.5) is 4.39 Å². The van der Waals surface area contributed by atoms with Crippen LogP contribution in [0.15, 0.2) is 23.1 Å². The summed E-state index contributed by atoms with van der Waals surface area (Å²) >= 11 is 5.84. The number of hydrogen-bond acceptors (Lipinski definition) is 4. The number of hydrogen-bond donors (Lipinski definition) is 2. The lowest BCUT2D eigenvalue weighted by Crippen LogP contribution is -2.47. The van der Waals surface area contributed by atoms with E-state index in [0.29, 0.717) is 6.61 Å². The number of methoxy groups -OCH3 is 1. The molecule has 0 bridgehead atoms. The van der Waals surface area contributed by atoms with Crippen molar-refractivity contribution in [2.24, 2.45) is 5.41 Å². The first kappa shape index (κ1) is 20.6. The van der Waals surface area contributed by atoms with E-state index in [1.165, 1.54) is 12.1 Å². The van der Waals surface area contributed by atoms with Gasteiger partial charge in [-0.2, -0.15) is 0 Å². The maximum atomic E-state index is 13.8. The topological polar surface area (TPSA) is 67.4 Å². The molecule has 1 aliphatic heterocycles. The van der Waals surface area contributed by atoms with Gasteiger partial charge in [-0.3, -0.25) is 0 Å². The van der Waals surface area contributed by atoms with Crippen LogP contribution < -0.4 is 10.0 Å². The largest absolute Gasteiger partial charge is 0.384 e. The van der Waals surface area contributed by atoms with Gasteiger partial charge in [-0.25, -0.2) is 17.5 Å². The molecule has 1 aromatic rings. The van der Waals surface area contributed by atoms with Crippen LogP contribution in [-0.4, -0.2) is 41.8 Å². The van der Waals surface area contributed by atoms with Gasteiger partial charge in [0.15, 0.2) is 0 Å². The Balaban J connectivity index is 0.00000264. The smallest absolute Gasteiger partial charge is 0.244 e. The zero-order valence-electron chi connectivity index (χ0n) is 12.8. The molecule has 1 heterocycles. The third-order valence-electron chi connectivity index (χ3n) is 3.94. The van der Waals surface area contributed by atoms with Crippen molar-refractivity contribution in [2.45, 2.75) is 17.7 Å². The summed E-state index contributed by atoms with van der Waals surface area (Å²) in [4.78, 5) is -0.502. The van der Waals surface area contributed by atoms with Crippen molar-refractivity contribution >= 4 is 34.0 Å². The molecule has 1 aliphatic rings. The van der Waals surface area contributed by atoms with Gasteiger partial charge in [-0.15, -0.1) is 12.4 Å². The minimum absolute atomic E-state index is 0. The number of piperidine rings is 1. The Labute approximate surface area is 147 Å². The molecule has 2 rings (SSSR count). The fourth-order valence-electron chi connectivity index (χ4n) is 2.69. The third-order valence-corrected chi connectivity index (χ3v) is 5.84. The van der Waals surface area contributed by atoms with Gasteiger partial charge in [-0.1, -0.05) is 17.7 Å². The molecular formula is C14H21Cl2FN2O3S. The van der Waals surface area contributed by atoms with Crippen molar-refractivity contribution in [3.05, 3.63) is 29.0 Å². The van der Waals surface area contributed by atoms with Crippen LogP contribution in [0.2, 0.25) is 5.02 Å². The second-order valence-corrected chi connectivity index (χ2v) is 7.67. The summed E-state index contributed by atoms with van der Waals surface area (Å²) in [6.45, 7) is 2.23. The van der Waals surface area contributed by atoms with E-state index < -0.39 is 20.7 Å². The molecule has 0 unspecified atom stereocenters. The van der Waals surface area contributed by atoms with E-state index >= 15 is 0 Å². The van der Waals surface area contributed by atoms with Crippen molar-refractivity contribution in [3.63, 3.8) is 0 Å². The molecule has 5 nitrogen and oxygen atoms in total. The summed E-state index contributed by atoms with van der Waals surface area (Å²) in [5.74, 6) is -0.855. The van der Waals surface area contributed by atoms with Gasteiger partial charge in [-0.05, 0) is 38.1 Å². The van der Waals surface area contributed by atoms with Gasteiger partial charge in [0.2, 0.25) is 10.0 Å². The number of benzene rings is 1. The van der Waals surface area contributed by atoms with E-state index in [9.17, 15) is 12.8 Å². The Morgan fingerprint density at radius 3 is 2.61 bits per heavy atom. The van der Waals surface area contributed by atoms with Crippen LogP contribution in [0.5, 0.6) is 0 Å². The molecule has 1 aromatic carbocycles. The van der Waals surface area contributed by atoms with Crippen molar-refractivity contribution in [1.29, 1.82) is 0 Å². The molecule has 1 saturated heterocycles. The van der Waals surface area contributed by atoms with Crippen LogP contribution in [0.1, 0.15) is 12.8 Å². The average molecular weight is 387 g/mol. The standard InChI is InChI=1S/C14H20ClFN2O3S.ClH/c1-21-10-14(5-7-17-8-6-14)9-18-22(19,20)13-11(15)3-2-4-12(13)16;/h2-4,17-18H,5-10H2,1H3;1H. The first-order chi connectivity index (χ1) is 10.4. The summed E-state index contributed by atoms with van der Waals surface area (Å²) in [6, 6.07) is 3.81. The molecule has 132 valence electrons. The zero-order valence-corrected chi connectivity index (χ0v) is 15.2. The fourth-order valence-corrected chi connectivity index (χ4v) is 4.45. The molecule has 0 saturated carbocycles. The molecule has 0 amide bonds. The van der Waals surface area contributed by atoms with Gasteiger partial charge in [0.05, 0.1) is 11.6 Å². The molecule has 0 radical (unpaired) electrons. The molecule has 2 N–H and O–H groups in total. The van der Waals surface area contributed by atoms with Crippen LogP contribution in [0, 0.1) is 11.2 Å². The van der Waals surface area contributed by atoms with Gasteiger partial charge in [0.25, 0.3) is 0 Å². The molecule has 9 heteroatoms. The Hall–Kier alpha value is -0.440. The predicted octanol–water partition coefficient (Wildman–Crippen LogP) is 2.20. The van der Waals surface area contributed by atoms with Gasteiger partial charge < -0.3 is 10.1 Å². The number of sulfonamides is 1. The summed E-state index contributed by atoms with van der Waals surface area (Å²) in [5, 5.41) is 3.10. The maximum Gasteiger partial charge on any atom is 0.244 e. The first-order valence-corrected chi connectivity index (χ1v) is 8.90. The summed E-state index contributed by atoms with van der Waals surface area (Å²) in [5.41, 5.74) is -0.287. The van der Waals surface area contributed by atoms with E-state index in [2.05, 4.69) is 10.0 Å². The average Bonchev–Trinajstić information content (AvgIpc) is 2.46. The van der Waals surface area contributed by atoms with Crippen LogP contribution in [-0.2, 0) is 14.8 Å². The molecule has 0 aromatic heterocycles. The Morgan fingerprint density at radius 2 is 2.04 bits per heavy atom. The first-order valence-electron chi connectivity index (χ1n) is 7.04. The fraction of sp³-hybridized carbons (Fsp3) is 0.571. The van der Waals surface area contributed by atoms with Crippen molar-refractivity contribution in [3.8, 4) is 0 Å². The predicted molar refractivity (Wildman–Crippen MR) is 90.3 cm³/mol. The second-order valence-electron chi connectivity index (χ2n) is 5.56. The normalized spacial score (nSPS) is 17.5. The third kappa shape index (κ3) is 5.01. The quantitative estimate of drug-likeness (QED) is 0.786. The SMILES string of the molecule is COCC1(CNS(=O)(=O)c2c(F)cccc2Cl)CCNCC1.Cl. The van der Waals surface area contributed by atoms with E-state index in [1.54, 1.807) is 7.11 Å². The molecule has 0 aliphatic carbocycles. The van der Waals surface area contributed by atoms with Crippen LogP contribution in [0.3, 0.4) is 0 Å². The Kier molecular flexibility index (Phi) is 7.70. The van der Waals surface area contributed by atoms with E-state index in [4.69, 9.17) is 16.3 Å². The van der Waals surface area contributed by atoms with Crippen molar-refractivity contribution in [1.82, 2.24) is 10.0 Å². The Bertz CT molecular complexity index is 597. The number of nitrogens with one attached hydrogen (secondary N) is 2. The molecular weight excluding hydrogens is 366 g/mol. The molecule has 1 fully saturated rings. The number of ether oxygens (including phenoxy) is 1. The van der Waals surface area contributed by atoms with Crippen LogP contribution >= 0.6 is 24.0 Å². The lowest BCUT2D eigenvalue weighted by atomic mass is 9.80. The number of rotatable bonds is 6. The van der Waals surface area contributed by atoms with Gasteiger partial charge in [0.1, 0.15) is 10.7 Å². The van der Waals surface area contributed by atoms with E-state index in [1.807, 2.05) is 0 Å². The van der Waals surface area contributed by atoms with E-state index in [-0.39, 0.29) is 29.4 Å². The molecule has 0 spiro atoms. The minimum atomic E-state index is -4.01. The lowest BCUT2D eigenvalue weighted by molar-refractivity contribution is 0.0577. The number of halogens is 3. The highest BCUT2D eigenvalue weighted by molar-refractivity contribution is 7.89. The summed E-state index contributed by atoms with van der Waals surface area (Å²) in [7, 11) is -2.42. The molecule has 0 atom stereocenters. The highest BCUT2D eigenvalue weighted by Gasteiger charge is 2.34. The summed E-state index contributed by atoms with van der Waals surface area (Å²) in [6.07, 6.45) is 1.57. The highest BCUT2D eigenvalue weighted by atomic mass is 35.5. The minimum Gasteiger partial charge on any atom is -0.384 e. The van der Waals surface area contributed by atoms with Gasteiger partial charge in [0, 0.05) is 19.1 Å². The highest BCUT2D eigenvalue weighted by Crippen LogP contribution is 2.30.